The Bertz CT molecular complexity index is 988. The Labute approximate surface area is 188 Å². The van der Waals surface area contributed by atoms with Gasteiger partial charge < -0.3 is 15.2 Å². The molecule has 4 rings (SSSR count). The lowest BCUT2D eigenvalue weighted by atomic mass is 9.69. The number of benzene rings is 1. The van der Waals surface area contributed by atoms with Gasteiger partial charge in [-0.15, -0.1) is 11.3 Å². The number of hydrogen-bond donors (Lipinski definition) is 2. The van der Waals surface area contributed by atoms with Crippen LogP contribution < -0.4 is 10.1 Å². The minimum atomic E-state index is -0.863. The third-order valence-electron chi connectivity index (χ3n) is 5.85. The number of aliphatic imine (C=N–C) groups is 1. The van der Waals surface area contributed by atoms with Crippen LogP contribution in [0.2, 0.25) is 5.02 Å². The fraction of sp³-hybridized carbons (Fsp3) is 0.409. The summed E-state index contributed by atoms with van der Waals surface area (Å²) in [5, 5.41) is 15.9. The molecule has 1 aliphatic carbocycles. The maximum Gasteiger partial charge on any atom is 0.309 e. The number of carboxylic acid groups (broad SMARTS) is 1. The van der Waals surface area contributed by atoms with E-state index in [1.807, 2.05) is 17.5 Å². The van der Waals surface area contributed by atoms with Crippen LogP contribution in [0.25, 0.3) is 0 Å². The van der Waals surface area contributed by atoms with Gasteiger partial charge in [-0.1, -0.05) is 23.7 Å². The number of anilines is 1. The third kappa shape index (κ3) is 5.07. The molecule has 31 heavy (non-hydrogen) atoms. The summed E-state index contributed by atoms with van der Waals surface area (Å²) >= 11 is 7.30. The zero-order valence-electron chi connectivity index (χ0n) is 16.8. The van der Waals surface area contributed by atoms with Crippen LogP contribution in [0.15, 0.2) is 46.9 Å². The van der Waals surface area contributed by atoms with Gasteiger partial charge in [0.05, 0.1) is 22.6 Å². The van der Waals surface area contributed by atoms with Crippen molar-refractivity contribution in [3.05, 3.63) is 52.8 Å². The lowest BCUT2D eigenvalue weighted by Gasteiger charge is -2.38. The molecule has 2 heterocycles. The van der Waals surface area contributed by atoms with Crippen LogP contribution in [0.1, 0.15) is 38.5 Å². The van der Waals surface area contributed by atoms with Crippen molar-refractivity contribution >= 4 is 39.9 Å². The number of halogens is 2. The quantitative estimate of drug-likeness (QED) is 0.586. The number of carboxylic acids is 1. The summed E-state index contributed by atoms with van der Waals surface area (Å²) < 4.78 is 19.9. The lowest BCUT2D eigenvalue weighted by Crippen LogP contribution is -2.41. The first kappa shape index (κ1) is 21.8. The SMILES string of the molecule is O=C(O)C1(CC2CC=CC(Nc3nccs3)=N2)CCC(Oc2cccc(Cl)c2F)CC1. The molecule has 1 atom stereocenters. The number of thiazole rings is 1. The minimum absolute atomic E-state index is 0.0126. The summed E-state index contributed by atoms with van der Waals surface area (Å²) in [6.07, 6.45) is 8.53. The Morgan fingerprint density at radius 1 is 1.39 bits per heavy atom. The van der Waals surface area contributed by atoms with E-state index in [4.69, 9.17) is 21.3 Å². The topological polar surface area (TPSA) is 83.8 Å². The highest BCUT2D eigenvalue weighted by Gasteiger charge is 2.44. The highest BCUT2D eigenvalue weighted by molar-refractivity contribution is 7.13. The Hall–Kier alpha value is -2.45. The van der Waals surface area contributed by atoms with Crippen molar-refractivity contribution in [2.24, 2.45) is 10.4 Å². The molecule has 2 aromatic rings. The van der Waals surface area contributed by atoms with E-state index in [1.165, 1.54) is 17.4 Å². The van der Waals surface area contributed by atoms with E-state index in [9.17, 15) is 14.3 Å². The van der Waals surface area contributed by atoms with E-state index in [0.717, 1.165) is 5.13 Å². The van der Waals surface area contributed by atoms with Crippen molar-refractivity contribution in [1.29, 1.82) is 0 Å². The van der Waals surface area contributed by atoms with Gasteiger partial charge in [0.25, 0.3) is 0 Å². The predicted octanol–water partition coefficient (Wildman–Crippen LogP) is 5.56. The zero-order valence-corrected chi connectivity index (χ0v) is 18.3. The van der Waals surface area contributed by atoms with Gasteiger partial charge in [0.2, 0.25) is 0 Å². The fourth-order valence-electron chi connectivity index (χ4n) is 4.20. The number of nitrogens with one attached hydrogen (secondary N) is 1. The first-order valence-electron chi connectivity index (χ1n) is 10.2. The fourth-order valence-corrected chi connectivity index (χ4v) is 4.90. The second kappa shape index (κ2) is 9.36. The standard InChI is InChI=1S/C22H23ClFN3O3S/c23-16-4-2-5-17(19(16)24)30-15-7-9-22(10-8-15,20(28)29)13-14-3-1-6-18(26-14)27-21-25-11-12-31-21/h1-2,4-6,11-12,14-15H,3,7-10,13H2,(H,28,29)(H,25,26,27). The van der Waals surface area contributed by atoms with Crippen molar-refractivity contribution in [2.75, 3.05) is 5.32 Å². The maximum atomic E-state index is 14.1. The second-order valence-corrected chi connectivity index (χ2v) is 9.23. The van der Waals surface area contributed by atoms with E-state index in [-0.39, 0.29) is 22.9 Å². The van der Waals surface area contributed by atoms with Crippen LogP contribution in [0.5, 0.6) is 5.75 Å². The van der Waals surface area contributed by atoms with Crippen LogP contribution in [0.4, 0.5) is 9.52 Å². The third-order valence-corrected chi connectivity index (χ3v) is 6.83. The predicted molar refractivity (Wildman–Crippen MR) is 120 cm³/mol. The molecule has 0 radical (unpaired) electrons. The molecular weight excluding hydrogens is 441 g/mol. The van der Waals surface area contributed by atoms with E-state index in [2.05, 4.69) is 10.3 Å². The van der Waals surface area contributed by atoms with Gasteiger partial charge in [0.15, 0.2) is 16.7 Å². The molecule has 2 N–H and O–H groups in total. The number of ether oxygens (including phenoxy) is 1. The van der Waals surface area contributed by atoms with Crippen molar-refractivity contribution in [2.45, 2.75) is 50.7 Å². The maximum absolute atomic E-state index is 14.1. The first-order chi connectivity index (χ1) is 14.9. The number of nitrogens with zero attached hydrogens (tertiary/aromatic N) is 2. The molecule has 1 saturated carbocycles. The van der Waals surface area contributed by atoms with Crippen LogP contribution in [-0.2, 0) is 4.79 Å². The molecule has 1 aliphatic heterocycles. The number of amidine groups is 1. The van der Waals surface area contributed by atoms with Gasteiger partial charge >= 0.3 is 5.97 Å². The normalized spacial score (nSPS) is 25.7. The van der Waals surface area contributed by atoms with E-state index < -0.39 is 17.2 Å². The van der Waals surface area contributed by atoms with Crippen LogP contribution >= 0.6 is 22.9 Å². The summed E-state index contributed by atoms with van der Waals surface area (Å²) in [5.74, 6) is -0.581. The Morgan fingerprint density at radius 2 is 2.19 bits per heavy atom. The second-order valence-electron chi connectivity index (χ2n) is 7.93. The monoisotopic (exact) mass is 463 g/mol. The van der Waals surface area contributed by atoms with Crippen molar-refractivity contribution in [3.63, 3.8) is 0 Å². The average molecular weight is 464 g/mol. The average Bonchev–Trinajstić information content (AvgIpc) is 3.26. The molecule has 0 saturated heterocycles. The largest absolute Gasteiger partial charge is 0.487 e. The van der Waals surface area contributed by atoms with E-state index in [0.29, 0.717) is 44.4 Å². The molecular formula is C22H23ClFN3O3S. The molecule has 164 valence electrons. The summed E-state index contributed by atoms with van der Waals surface area (Å²) in [6.45, 7) is 0. The van der Waals surface area contributed by atoms with Gasteiger partial charge in [-0.3, -0.25) is 9.79 Å². The Balaban J connectivity index is 1.40. The summed E-state index contributed by atoms with van der Waals surface area (Å²) in [5.41, 5.74) is -0.863. The van der Waals surface area contributed by atoms with Crippen LogP contribution in [0.3, 0.4) is 0 Å². The molecule has 1 aromatic carbocycles. The van der Waals surface area contributed by atoms with Crippen LogP contribution in [0, 0.1) is 11.2 Å². The Kier molecular flexibility index (Phi) is 6.57. The molecule has 1 aromatic heterocycles. The van der Waals surface area contributed by atoms with E-state index >= 15 is 0 Å². The van der Waals surface area contributed by atoms with Gasteiger partial charge in [-0.25, -0.2) is 9.37 Å². The minimum Gasteiger partial charge on any atom is -0.487 e. The molecule has 9 heteroatoms. The van der Waals surface area contributed by atoms with Gasteiger partial charge in [0, 0.05) is 11.6 Å². The Morgan fingerprint density at radius 3 is 2.90 bits per heavy atom. The van der Waals surface area contributed by atoms with Crippen molar-refractivity contribution < 1.29 is 19.0 Å². The number of carbonyl (C=O) groups is 1. The molecule has 2 aliphatic rings. The number of aliphatic carboxylic acids is 1. The highest BCUT2D eigenvalue weighted by atomic mass is 35.5. The van der Waals surface area contributed by atoms with Crippen molar-refractivity contribution in [1.82, 2.24) is 4.98 Å². The molecule has 0 amide bonds. The zero-order chi connectivity index (χ0) is 21.8. The van der Waals surface area contributed by atoms with Crippen LogP contribution in [-0.4, -0.2) is 34.0 Å². The molecule has 6 nitrogen and oxygen atoms in total. The summed E-state index contributed by atoms with van der Waals surface area (Å²) in [7, 11) is 0. The number of hydrogen-bond acceptors (Lipinski definition) is 6. The number of dihydropyridines is 1. The molecule has 1 fully saturated rings. The molecule has 1 unspecified atom stereocenters. The van der Waals surface area contributed by atoms with Gasteiger partial charge in [-0.2, -0.15) is 0 Å². The summed E-state index contributed by atoms with van der Waals surface area (Å²) in [6, 6.07) is 4.53. The van der Waals surface area contributed by atoms with Crippen molar-refractivity contribution in [3.8, 4) is 5.75 Å². The highest BCUT2D eigenvalue weighted by Crippen LogP contribution is 2.43. The van der Waals surface area contributed by atoms with E-state index in [1.54, 1.807) is 18.3 Å². The number of rotatable bonds is 6. The molecule has 0 bridgehead atoms. The first-order valence-corrected chi connectivity index (χ1v) is 11.5. The van der Waals surface area contributed by atoms with Gasteiger partial charge in [-0.05, 0) is 56.7 Å². The lowest BCUT2D eigenvalue weighted by molar-refractivity contribution is -0.153. The smallest absolute Gasteiger partial charge is 0.309 e. The summed E-state index contributed by atoms with van der Waals surface area (Å²) in [4.78, 5) is 21.2. The molecule has 0 spiro atoms. The number of aromatic nitrogens is 1. The van der Waals surface area contributed by atoms with Gasteiger partial charge in [0.1, 0.15) is 5.84 Å².